The zero-order valence-electron chi connectivity index (χ0n) is 3.36. The molecule has 0 atom stereocenters. The van der Waals surface area contributed by atoms with Crippen molar-refractivity contribution < 1.29 is 0 Å². The maximum absolute atomic E-state index is 6.62. The van der Waals surface area contributed by atoms with E-state index < -0.39 is 0 Å². The first-order chi connectivity index (χ1) is 2.81. The van der Waals surface area contributed by atoms with Gasteiger partial charge in [0.1, 0.15) is 0 Å². The van der Waals surface area contributed by atoms with Crippen LogP contribution in [0.5, 0.6) is 0 Å². The van der Waals surface area contributed by atoms with Crippen LogP contribution >= 0.6 is 0 Å². The van der Waals surface area contributed by atoms with E-state index in [1.165, 1.54) is 6.08 Å². The number of nitrogens with one attached hydrogen (secondary N) is 2. The van der Waals surface area contributed by atoms with Crippen LogP contribution in [-0.2, 0) is 0 Å². The summed E-state index contributed by atoms with van der Waals surface area (Å²) in [5.74, 6) is 0. The number of allylic oxidation sites excluding steroid dienone is 1. The van der Waals surface area contributed by atoms with Gasteiger partial charge in [-0.25, -0.2) is 0 Å². The summed E-state index contributed by atoms with van der Waals surface area (Å²) in [6, 6.07) is 0. The van der Waals surface area contributed by atoms with Gasteiger partial charge in [0.05, 0.1) is 5.71 Å². The van der Waals surface area contributed by atoms with E-state index in [1.807, 2.05) is 0 Å². The molecule has 0 aliphatic heterocycles. The standard InChI is InChI=1S/C4H6N2/c1-2-4(6)3-5/h2-3,5-6H,1H2. The molecule has 6 heavy (non-hydrogen) atoms. The van der Waals surface area contributed by atoms with E-state index in [2.05, 4.69) is 6.58 Å². The molecule has 0 fully saturated rings. The number of rotatable bonds is 2. The highest BCUT2D eigenvalue weighted by molar-refractivity contribution is 6.33. The normalized spacial score (nSPS) is 6.67. The lowest BCUT2D eigenvalue weighted by atomic mass is 10.4. The maximum Gasteiger partial charge on any atom is 0.0709 e. The molecule has 0 bridgehead atoms. The van der Waals surface area contributed by atoms with Crippen molar-refractivity contribution in [1.82, 2.24) is 0 Å². The molecule has 0 amide bonds. The Bertz CT molecular complexity index is 73.5. The molecule has 0 unspecified atom stereocenters. The Morgan fingerprint density at radius 1 is 1.67 bits per heavy atom. The highest BCUT2D eigenvalue weighted by Crippen LogP contribution is 1.60. The number of hydrogen-bond donors (Lipinski definition) is 2. The Morgan fingerprint density at radius 3 is 2.17 bits per heavy atom. The Balaban J connectivity index is 3.52. The van der Waals surface area contributed by atoms with Crippen LogP contribution in [0.2, 0.25) is 0 Å². The van der Waals surface area contributed by atoms with Crippen molar-refractivity contribution in [2.75, 3.05) is 0 Å². The minimum atomic E-state index is 0.148. The van der Waals surface area contributed by atoms with E-state index in [-0.39, 0.29) is 5.71 Å². The second-order valence-electron chi connectivity index (χ2n) is 0.804. The van der Waals surface area contributed by atoms with Crippen molar-refractivity contribution in [1.29, 1.82) is 10.8 Å². The van der Waals surface area contributed by atoms with Gasteiger partial charge in [-0.2, -0.15) is 0 Å². The van der Waals surface area contributed by atoms with Gasteiger partial charge < -0.3 is 5.41 Å². The molecule has 32 valence electrons. The third-order valence-corrected chi connectivity index (χ3v) is 0.375. The fourth-order valence-corrected chi connectivity index (χ4v) is 0.0589. The SMILES string of the molecule is C=CC(=N)C=N. The molecular formula is C4H6N2. The van der Waals surface area contributed by atoms with E-state index >= 15 is 0 Å². The van der Waals surface area contributed by atoms with Crippen molar-refractivity contribution in [3.05, 3.63) is 12.7 Å². The van der Waals surface area contributed by atoms with E-state index in [0.29, 0.717) is 0 Å². The van der Waals surface area contributed by atoms with E-state index in [4.69, 9.17) is 10.8 Å². The summed E-state index contributed by atoms with van der Waals surface area (Å²) in [6.07, 6.45) is 2.25. The van der Waals surface area contributed by atoms with Crippen molar-refractivity contribution in [2.45, 2.75) is 0 Å². The lowest BCUT2D eigenvalue weighted by Crippen LogP contribution is -1.86. The molecule has 0 aliphatic rings. The molecule has 0 saturated heterocycles. The molecule has 0 aliphatic carbocycles. The highest BCUT2D eigenvalue weighted by Gasteiger charge is 1.71. The largest absolute Gasteiger partial charge is 0.307 e. The van der Waals surface area contributed by atoms with Gasteiger partial charge in [-0.3, -0.25) is 5.41 Å². The predicted octanol–water partition coefficient (Wildman–Crippen LogP) is 0.842. The molecule has 0 aromatic heterocycles. The van der Waals surface area contributed by atoms with Crippen LogP contribution in [-0.4, -0.2) is 11.9 Å². The van der Waals surface area contributed by atoms with Crippen LogP contribution in [0.3, 0.4) is 0 Å². The Labute approximate surface area is 36.5 Å². The van der Waals surface area contributed by atoms with E-state index in [1.54, 1.807) is 0 Å². The minimum Gasteiger partial charge on any atom is -0.307 e. The zero-order chi connectivity index (χ0) is 4.99. The summed E-state index contributed by atoms with van der Waals surface area (Å²) in [5.41, 5.74) is 0.148. The van der Waals surface area contributed by atoms with Crippen molar-refractivity contribution in [2.24, 2.45) is 0 Å². The van der Waals surface area contributed by atoms with E-state index in [0.717, 1.165) is 6.21 Å². The molecule has 0 aromatic carbocycles. The van der Waals surface area contributed by atoms with Gasteiger partial charge in [0.15, 0.2) is 0 Å². The number of hydrogen-bond acceptors (Lipinski definition) is 2. The molecule has 2 nitrogen and oxygen atoms in total. The molecule has 0 rings (SSSR count). The average molecular weight is 82.1 g/mol. The Kier molecular flexibility index (Phi) is 1.97. The Morgan fingerprint density at radius 2 is 2.17 bits per heavy atom. The molecule has 2 N–H and O–H groups in total. The van der Waals surface area contributed by atoms with Gasteiger partial charge in [-0.1, -0.05) is 6.58 Å². The first-order valence-electron chi connectivity index (χ1n) is 1.52. The van der Waals surface area contributed by atoms with Gasteiger partial charge in [0.2, 0.25) is 0 Å². The summed E-state index contributed by atoms with van der Waals surface area (Å²) < 4.78 is 0. The first kappa shape index (κ1) is 5.08. The Hall–Kier alpha value is -0.920. The van der Waals surface area contributed by atoms with Gasteiger partial charge in [-0.05, 0) is 6.08 Å². The molecule has 2 heteroatoms. The second kappa shape index (κ2) is 2.33. The lowest BCUT2D eigenvalue weighted by molar-refractivity contribution is 1.52. The minimum absolute atomic E-state index is 0.148. The first-order valence-corrected chi connectivity index (χ1v) is 1.52. The molecule has 0 heterocycles. The fourth-order valence-electron chi connectivity index (χ4n) is 0.0589. The van der Waals surface area contributed by atoms with Crippen LogP contribution in [0.1, 0.15) is 0 Å². The third-order valence-electron chi connectivity index (χ3n) is 0.375. The topological polar surface area (TPSA) is 47.7 Å². The summed E-state index contributed by atoms with van der Waals surface area (Å²) in [6.45, 7) is 3.26. The van der Waals surface area contributed by atoms with Crippen LogP contribution < -0.4 is 0 Å². The monoisotopic (exact) mass is 82.1 g/mol. The highest BCUT2D eigenvalue weighted by atomic mass is 14.4. The summed E-state index contributed by atoms with van der Waals surface area (Å²) >= 11 is 0. The van der Waals surface area contributed by atoms with E-state index in [9.17, 15) is 0 Å². The maximum atomic E-state index is 6.62. The van der Waals surface area contributed by atoms with Crippen molar-refractivity contribution in [3.8, 4) is 0 Å². The predicted molar refractivity (Wildman–Crippen MR) is 26.7 cm³/mol. The lowest BCUT2D eigenvalue weighted by Gasteiger charge is -1.72. The summed E-state index contributed by atoms with van der Waals surface area (Å²) in [4.78, 5) is 0. The van der Waals surface area contributed by atoms with Crippen molar-refractivity contribution >= 4 is 11.9 Å². The van der Waals surface area contributed by atoms with Crippen LogP contribution in [0.25, 0.3) is 0 Å². The van der Waals surface area contributed by atoms with Crippen LogP contribution in [0.15, 0.2) is 12.7 Å². The summed E-state index contributed by atoms with van der Waals surface area (Å²) in [7, 11) is 0. The smallest absolute Gasteiger partial charge is 0.0709 e. The van der Waals surface area contributed by atoms with Gasteiger partial charge in [0.25, 0.3) is 0 Å². The molecule has 0 radical (unpaired) electrons. The summed E-state index contributed by atoms with van der Waals surface area (Å²) in [5, 5.41) is 13.0. The van der Waals surface area contributed by atoms with Gasteiger partial charge in [0, 0.05) is 6.21 Å². The molecule has 0 spiro atoms. The quantitative estimate of drug-likeness (QED) is 0.464. The third kappa shape index (κ3) is 1.40. The second-order valence-corrected chi connectivity index (χ2v) is 0.804. The fraction of sp³-hybridized carbons (Fsp3) is 0. The van der Waals surface area contributed by atoms with Crippen LogP contribution in [0.4, 0.5) is 0 Å². The zero-order valence-corrected chi connectivity index (χ0v) is 3.36. The average Bonchev–Trinajstić information content (AvgIpc) is 1.65. The molecular weight excluding hydrogens is 76.1 g/mol. The van der Waals surface area contributed by atoms with Crippen LogP contribution in [0, 0.1) is 10.8 Å². The van der Waals surface area contributed by atoms with Crippen molar-refractivity contribution in [3.63, 3.8) is 0 Å². The van der Waals surface area contributed by atoms with Gasteiger partial charge in [-0.15, -0.1) is 0 Å². The molecule has 0 saturated carbocycles. The van der Waals surface area contributed by atoms with Gasteiger partial charge >= 0.3 is 0 Å². The molecule has 0 aromatic rings.